The van der Waals surface area contributed by atoms with Crippen LogP contribution in [0, 0.1) is 0 Å². The van der Waals surface area contributed by atoms with Gasteiger partial charge in [0, 0.05) is 26.2 Å². The highest BCUT2D eigenvalue weighted by molar-refractivity contribution is 5.84. The first-order chi connectivity index (χ1) is 14.4. The second-order valence-corrected chi connectivity index (χ2v) is 6.52. The Bertz CT molecular complexity index is 599. The molecule has 0 aliphatic rings. The van der Waals surface area contributed by atoms with E-state index in [1.165, 1.54) is 4.90 Å². The highest BCUT2D eigenvalue weighted by atomic mass is 16.4. The van der Waals surface area contributed by atoms with Crippen molar-refractivity contribution in [3.8, 4) is 0 Å². The fraction of sp³-hybridized carbons (Fsp3) is 0.625. The molecule has 0 heterocycles. The van der Waals surface area contributed by atoms with Gasteiger partial charge in [0.15, 0.2) is 0 Å². The van der Waals surface area contributed by atoms with Crippen molar-refractivity contribution >= 4 is 35.7 Å². The normalized spacial score (nSPS) is 10.9. The molecule has 176 valence electrons. The number of carbonyl (C=O) groups excluding carboxylic acids is 2. The second-order valence-electron chi connectivity index (χ2n) is 6.52. The molecule has 0 saturated carbocycles. The SMILES string of the molecule is NC(=O)CNC(=O)CN(CCN(CC(=O)O)CC(=O)O)CCN(CC(=O)O)CC(=O)O. The quantitative estimate of drug-likeness (QED) is 0.117. The molecule has 0 aliphatic carbocycles. The number of rotatable bonds is 18. The van der Waals surface area contributed by atoms with E-state index in [9.17, 15) is 28.8 Å². The number of hydrogen-bond acceptors (Lipinski definition) is 9. The summed E-state index contributed by atoms with van der Waals surface area (Å²) in [5, 5.41) is 37.9. The molecule has 0 bridgehead atoms. The number of carboxylic acids is 4. The van der Waals surface area contributed by atoms with Crippen LogP contribution in [0.5, 0.6) is 0 Å². The lowest BCUT2D eigenvalue weighted by Crippen LogP contribution is -2.47. The van der Waals surface area contributed by atoms with Gasteiger partial charge in [-0.3, -0.25) is 43.5 Å². The molecule has 15 heteroatoms. The number of nitrogens with one attached hydrogen (secondary N) is 1. The van der Waals surface area contributed by atoms with Crippen molar-refractivity contribution in [2.45, 2.75) is 0 Å². The summed E-state index contributed by atoms with van der Waals surface area (Å²) in [6.45, 7) is -3.03. The Morgan fingerprint density at radius 1 is 0.581 bits per heavy atom. The minimum absolute atomic E-state index is 0.0124. The number of amides is 2. The van der Waals surface area contributed by atoms with E-state index in [2.05, 4.69) is 5.32 Å². The molecule has 0 rings (SSSR count). The predicted octanol–water partition coefficient (Wildman–Crippen LogP) is -4.17. The summed E-state index contributed by atoms with van der Waals surface area (Å²) >= 11 is 0. The zero-order chi connectivity index (χ0) is 24.0. The monoisotopic (exact) mass is 449 g/mol. The van der Waals surface area contributed by atoms with E-state index < -0.39 is 68.4 Å². The van der Waals surface area contributed by atoms with Crippen LogP contribution < -0.4 is 11.1 Å². The van der Waals surface area contributed by atoms with Gasteiger partial charge in [0.25, 0.3) is 0 Å². The molecule has 0 aromatic rings. The topological polar surface area (TPSA) is 231 Å². The highest BCUT2D eigenvalue weighted by Crippen LogP contribution is 1.97. The first kappa shape index (κ1) is 27.7. The molecule has 0 spiro atoms. The van der Waals surface area contributed by atoms with Gasteiger partial charge >= 0.3 is 23.9 Å². The van der Waals surface area contributed by atoms with E-state index >= 15 is 0 Å². The number of nitrogens with two attached hydrogens (primary N) is 1. The van der Waals surface area contributed by atoms with Crippen LogP contribution in [-0.4, -0.2) is 136 Å². The molecule has 0 aliphatic heterocycles. The smallest absolute Gasteiger partial charge is 0.317 e. The van der Waals surface area contributed by atoms with Gasteiger partial charge in [-0.2, -0.15) is 0 Å². The molecule has 7 N–H and O–H groups in total. The first-order valence-electron chi connectivity index (χ1n) is 8.98. The molecule has 31 heavy (non-hydrogen) atoms. The van der Waals surface area contributed by atoms with Crippen LogP contribution in [0.15, 0.2) is 0 Å². The molecule has 0 radical (unpaired) electrons. The van der Waals surface area contributed by atoms with Gasteiger partial charge in [-0.1, -0.05) is 0 Å². The van der Waals surface area contributed by atoms with Crippen LogP contribution >= 0.6 is 0 Å². The number of carbonyl (C=O) groups is 6. The molecule has 0 atom stereocenters. The molecule has 0 unspecified atom stereocenters. The summed E-state index contributed by atoms with van der Waals surface area (Å²) in [7, 11) is 0. The Morgan fingerprint density at radius 2 is 0.903 bits per heavy atom. The predicted molar refractivity (Wildman–Crippen MR) is 102 cm³/mol. The fourth-order valence-corrected chi connectivity index (χ4v) is 2.47. The summed E-state index contributed by atoms with van der Waals surface area (Å²) in [6.07, 6.45) is 0. The highest BCUT2D eigenvalue weighted by Gasteiger charge is 2.19. The van der Waals surface area contributed by atoms with E-state index in [4.69, 9.17) is 26.2 Å². The van der Waals surface area contributed by atoms with Crippen LogP contribution in [0.3, 0.4) is 0 Å². The van der Waals surface area contributed by atoms with Crippen molar-refractivity contribution in [2.24, 2.45) is 5.73 Å². The molecular weight excluding hydrogens is 422 g/mol. The molecule has 0 aromatic carbocycles. The van der Waals surface area contributed by atoms with E-state index in [0.29, 0.717) is 0 Å². The summed E-state index contributed by atoms with van der Waals surface area (Å²) in [4.78, 5) is 70.1. The maximum Gasteiger partial charge on any atom is 0.317 e. The Morgan fingerprint density at radius 3 is 1.19 bits per heavy atom. The molecule has 2 amide bonds. The van der Waals surface area contributed by atoms with E-state index in [0.717, 1.165) is 9.80 Å². The van der Waals surface area contributed by atoms with E-state index in [1.807, 2.05) is 0 Å². The van der Waals surface area contributed by atoms with Gasteiger partial charge in [0.2, 0.25) is 11.8 Å². The lowest BCUT2D eigenvalue weighted by Gasteiger charge is -2.27. The number of nitrogens with zero attached hydrogens (tertiary/aromatic N) is 3. The first-order valence-corrected chi connectivity index (χ1v) is 8.98. The van der Waals surface area contributed by atoms with Gasteiger partial charge in [0.05, 0.1) is 39.3 Å². The maximum atomic E-state index is 12.0. The molecule has 0 fully saturated rings. The second kappa shape index (κ2) is 14.6. The van der Waals surface area contributed by atoms with Crippen molar-refractivity contribution in [3.05, 3.63) is 0 Å². The zero-order valence-electron chi connectivity index (χ0n) is 16.7. The molecular formula is C16H27N5O10. The number of carboxylic acid groups (broad SMARTS) is 4. The number of primary amides is 1. The molecule has 15 nitrogen and oxygen atoms in total. The Labute approximate surface area is 177 Å². The van der Waals surface area contributed by atoms with Crippen LogP contribution in [0.1, 0.15) is 0 Å². The van der Waals surface area contributed by atoms with Crippen LogP contribution in [0.4, 0.5) is 0 Å². The van der Waals surface area contributed by atoms with Gasteiger partial charge < -0.3 is 31.5 Å². The average molecular weight is 449 g/mol. The third kappa shape index (κ3) is 16.2. The summed E-state index contributed by atoms with van der Waals surface area (Å²) in [5.74, 6) is -6.38. The molecule has 0 saturated heterocycles. The molecule has 0 aromatic heterocycles. The third-order valence-corrected chi connectivity index (χ3v) is 3.73. The Balaban J connectivity index is 5.13. The minimum atomic E-state index is -1.25. The van der Waals surface area contributed by atoms with Gasteiger partial charge in [-0.05, 0) is 0 Å². The van der Waals surface area contributed by atoms with Crippen molar-refractivity contribution in [2.75, 3.05) is 65.4 Å². The van der Waals surface area contributed by atoms with Gasteiger partial charge in [-0.25, -0.2) is 0 Å². The van der Waals surface area contributed by atoms with Crippen LogP contribution in [0.25, 0.3) is 0 Å². The van der Waals surface area contributed by atoms with Crippen molar-refractivity contribution < 1.29 is 49.2 Å². The maximum absolute atomic E-state index is 12.0. The standard InChI is InChI=1S/C16H27N5O10/c17-11(22)5-18-12(23)6-19(1-3-20(7-13(24)25)8-14(26)27)2-4-21(9-15(28)29)10-16(30)31/h1-10H2,(H2,17,22)(H,18,23)(H,24,25)(H,26,27)(H,28,29)(H,30,31). The van der Waals surface area contributed by atoms with E-state index in [-0.39, 0.29) is 32.7 Å². The van der Waals surface area contributed by atoms with Gasteiger partial charge in [0.1, 0.15) is 0 Å². The van der Waals surface area contributed by atoms with Crippen molar-refractivity contribution in [1.82, 2.24) is 20.0 Å². The lowest BCUT2D eigenvalue weighted by molar-refractivity contribution is -0.143. The largest absolute Gasteiger partial charge is 0.480 e. The summed E-state index contributed by atoms with van der Waals surface area (Å²) in [5.41, 5.74) is 4.95. The minimum Gasteiger partial charge on any atom is -0.480 e. The number of hydrogen-bond donors (Lipinski definition) is 6. The zero-order valence-corrected chi connectivity index (χ0v) is 16.7. The Hall–Kier alpha value is -3.30. The third-order valence-electron chi connectivity index (χ3n) is 3.73. The van der Waals surface area contributed by atoms with Crippen molar-refractivity contribution in [1.29, 1.82) is 0 Å². The summed E-state index contributed by atoms with van der Waals surface area (Å²) in [6, 6.07) is 0. The van der Waals surface area contributed by atoms with E-state index in [1.54, 1.807) is 0 Å². The average Bonchev–Trinajstić information content (AvgIpc) is 2.59. The summed E-state index contributed by atoms with van der Waals surface area (Å²) < 4.78 is 0. The number of aliphatic carboxylic acids is 4. The Kier molecular flexibility index (Phi) is 13.1. The van der Waals surface area contributed by atoms with Crippen LogP contribution in [-0.2, 0) is 28.8 Å². The van der Waals surface area contributed by atoms with Crippen LogP contribution in [0.2, 0.25) is 0 Å². The fourth-order valence-electron chi connectivity index (χ4n) is 2.47. The van der Waals surface area contributed by atoms with Gasteiger partial charge in [-0.15, -0.1) is 0 Å². The van der Waals surface area contributed by atoms with Crippen molar-refractivity contribution in [3.63, 3.8) is 0 Å². The lowest BCUT2D eigenvalue weighted by atomic mass is 10.3.